The minimum absolute atomic E-state index is 0.0415. The number of hydrogen-bond donors (Lipinski definition) is 3. The first kappa shape index (κ1) is 14.4. The standard InChI is InChI=1S/C15H18ClN3O2/c16-12-7-9(1-2-10(12)13(17)20)19-14(21)11-8-15(11)3-5-18-6-4-15/h1-2,7,11,18H,3-6,8H2,(H2,17,20)(H,19,21). The van der Waals surface area contributed by atoms with Crippen molar-refractivity contribution in [2.45, 2.75) is 19.3 Å². The lowest BCUT2D eigenvalue weighted by Crippen LogP contribution is -2.31. The number of nitrogens with two attached hydrogens (primary N) is 1. The number of hydrogen-bond acceptors (Lipinski definition) is 3. The van der Waals surface area contributed by atoms with E-state index in [-0.39, 0.29) is 27.8 Å². The second-order valence-electron chi connectivity index (χ2n) is 5.92. The van der Waals surface area contributed by atoms with Gasteiger partial charge in [-0.05, 0) is 56.0 Å². The molecule has 1 saturated carbocycles. The van der Waals surface area contributed by atoms with Crippen LogP contribution in [0, 0.1) is 11.3 Å². The van der Waals surface area contributed by atoms with Crippen molar-refractivity contribution in [2.24, 2.45) is 17.1 Å². The third-order valence-electron chi connectivity index (χ3n) is 4.61. The third kappa shape index (κ3) is 2.76. The summed E-state index contributed by atoms with van der Waals surface area (Å²) in [6, 6.07) is 4.76. The zero-order chi connectivity index (χ0) is 15.0. The van der Waals surface area contributed by atoms with Crippen molar-refractivity contribution in [3.05, 3.63) is 28.8 Å². The van der Waals surface area contributed by atoms with Crippen LogP contribution in [0.4, 0.5) is 5.69 Å². The summed E-state index contributed by atoms with van der Waals surface area (Å²) in [5, 5.41) is 6.46. The number of amides is 2. The molecule has 4 N–H and O–H groups in total. The first-order valence-corrected chi connectivity index (χ1v) is 7.51. The summed E-state index contributed by atoms with van der Waals surface area (Å²) >= 11 is 5.98. The zero-order valence-electron chi connectivity index (χ0n) is 11.6. The highest BCUT2D eigenvalue weighted by Crippen LogP contribution is 2.58. The fraction of sp³-hybridized carbons (Fsp3) is 0.467. The summed E-state index contributed by atoms with van der Waals surface area (Å²) in [7, 11) is 0. The molecule has 6 heteroatoms. The molecule has 0 radical (unpaired) electrons. The van der Waals surface area contributed by atoms with E-state index in [1.54, 1.807) is 12.1 Å². The molecular formula is C15H18ClN3O2. The number of primary amides is 1. The summed E-state index contributed by atoms with van der Waals surface area (Å²) in [4.78, 5) is 23.4. The molecule has 1 aliphatic heterocycles. The largest absolute Gasteiger partial charge is 0.366 e. The topological polar surface area (TPSA) is 84.2 Å². The minimum atomic E-state index is -0.575. The third-order valence-corrected chi connectivity index (χ3v) is 4.92. The Hall–Kier alpha value is -1.59. The van der Waals surface area contributed by atoms with Crippen molar-refractivity contribution in [1.82, 2.24) is 5.32 Å². The number of carbonyl (C=O) groups excluding carboxylic acids is 2. The highest BCUT2D eigenvalue weighted by Gasteiger charge is 2.57. The average molecular weight is 308 g/mol. The maximum absolute atomic E-state index is 12.3. The van der Waals surface area contributed by atoms with E-state index in [9.17, 15) is 9.59 Å². The van der Waals surface area contributed by atoms with Gasteiger partial charge >= 0.3 is 0 Å². The van der Waals surface area contributed by atoms with Gasteiger partial charge in [0.15, 0.2) is 0 Å². The molecule has 1 unspecified atom stereocenters. The number of benzene rings is 1. The Morgan fingerprint density at radius 3 is 2.67 bits per heavy atom. The number of piperidine rings is 1. The monoisotopic (exact) mass is 307 g/mol. The number of rotatable bonds is 3. The SMILES string of the molecule is NC(=O)c1ccc(NC(=O)C2CC23CCNCC3)cc1Cl. The van der Waals surface area contributed by atoms with Gasteiger partial charge in [-0.3, -0.25) is 9.59 Å². The molecule has 1 heterocycles. The number of carbonyl (C=O) groups is 2. The number of anilines is 1. The molecule has 1 aromatic rings. The van der Waals surface area contributed by atoms with Crippen molar-refractivity contribution in [1.29, 1.82) is 0 Å². The molecule has 1 aromatic carbocycles. The molecule has 0 bridgehead atoms. The van der Waals surface area contributed by atoms with Gasteiger partial charge in [-0.25, -0.2) is 0 Å². The predicted molar refractivity (Wildman–Crippen MR) is 81.2 cm³/mol. The number of nitrogens with one attached hydrogen (secondary N) is 2. The van der Waals surface area contributed by atoms with Crippen molar-refractivity contribution < 1.29 is 9.59 Å². The molecule has 2 amide bonds. The normalized spacial score (nSPS) is 22.8. The summed E-state index contributed by atoms with van der Waals surface area (Å²) in [5.41, 5.74) is 6.26. The quantitative estimate of drug-likeness (QED) is 0.795. The van der Waals surface area contributed by atoms with E-state index in [1.807, 2.05) is 0 Å². The lowest BCUT2D eigenvalue weighted by molar-refractivity contribution is -0.118. The van der Waals surface area contributed by atoms with Crippen LogP contribution in [0.15, 0.2) is 18.2 Å². The van der Waals surface area contributed by atoms with Gasteiger partial charge in [-0.1, -0.05) is 11.6 Å². The smallest absolute Gasteiger partial charge is 0.250 e. The molecule has 1 atom stereocenters. The van der Waals surface area contributed by atoms with Gasteiger partial charge in [0, 0.05) is 11.6 Å². The Balaban J connectivity index is 1.66. The maximum Gasteiger partial charge on any atom is 0.250 e. The molecule has 2 aliphatic rings. The van der Waals surface area contributed by atoms with E-state index >= 15 is 0 Å². The Kier molecular flexibility index (Phi) is 3.63. The summed E-state index contributed by atoms with van der Waals surface area (Å²) < 4.78 is 0. The van der Waals surface area contributed by atoms with Crippen molar-refractivity contribution in [3.8, 4) is 0 Å². The molecule has 0 aromatic heterocycles. The van der Waals surface area contributed by atoms with Gasteiger partial charge in [0.2, 0.25) is 11.8 Å². The first-order valence-electron chi connectivity index (χ1n) is 7.13. The van der Waals surface area contributed by atoms with Crippen LogP contribution in [-0.2, 0) is 4.79 Å². The van der Waals surface area contributed by atoms with Crippen molar-refractivity contribution in [2.75, 3.05) is 18.4 Å². The van der Waals surface area contributed by atoms with E-state index in [0.717, 1.165) is 32.4 Å². The second-order valence-corrected chi connectivity index (χ2v) is 6.32. The zero-order valence-corrected chi connectivity index (χ0v) is 12.4. The van der Waals surface area contributed by atoms with Crippen LogP contribution in [0.1, 0.15) is 29.6 Å². The molecule has 2 fully saturated rings. The Labute approximate surface area is 128 Å². The first-order chi connectivity index (χ1) is 10.0. The molecule has 1 saturated heterocycles. The van der Waals surface area contributed by atoms with E-state index in [0.29, 0.717) is 5.69 Å². The van der Waals surface area contributed by atoms with Crippen LogP contribution in [-0.4, -0.2) is 24.9 Å². The predicted octanol–water partition coefficient (Wildman–Crippen LogP) is 1.77. The summed E-state index contributed by atoms with van der Waals surface area (Å²) in [6.45, 7) is 1.98. The van der Waals surface area contributed by atoms with E-state index in [4.69, 9.17) is 17.3 Å². The van der Waals surface area contributed by atoms with Gasteiger partial charge < -0.3 is 16.4 Å². The van der Waals surface area contributed by atoms with Crippen LogP contribution < -0.4 is 16.4 Å². The van der Waals surface area contributed by atoms with E-state index in [1.165, 1.54) is 6.07 Å². The van der Waals surface area contributed by atoms with Crippen LogP contribution >= 0.6 is 11.6 Å². The fourth-order valence-corrected chi connectivity index (χ4v) is 3.49. The average Bonchev–Trinajstić information content (AvgIpc) is 3.13. The minimum Gasteiger partial charge on any atom is -0.366 e. The van der Waals surface area contributed by atoms with Crippen LogP contribution in [0.2, 0.25) is 5.02 Å². The lowest BCUT2D eigenvalue weighted by Gasteiger charge is -2.23. The molecule has 3 rings (SSSR count). The van der Waals surface area contributed by atoms with Crippen LogP contribution in [0.3, 0.4) is 0 Å². The van der Waals surface area contributed by atoms with Gasteiger partial charge in [-0.15, -0.1) is 0 Å². The molecule has 1 spiro atoms. The van der Waals surface area contributed by atoms with Crippen molar-refractivity contribution >= 4 is 29.1 Å². The summed E-state index contributed by atoms with van der Waals surface area (Å²) in [5.74, 6) is -0.442. The lowest BCUT2D eigenvalue weighted by atomic mass is 9.92. The van der Waals surface area contributed by atoms with Gasteiger partial charge in [0.1, 0.15) is 0 Å². The fourth-order valence-electron chi connectivity index (χ4n) is 3.22. The van der Waals surface area contributed by atoms with Gasteiger partial charge in [0.05, 0.1) is 10.6 Å². The second kappa shape index (κ2) is 5.31. The molecule has 21 heavy (non-hydrogen) atoms. The Morgan fingerprint density at radius 2 is 2.05 bits per heavy atom. The Morgan fingerprint density at radius 1 is 1.33 bits per heavy atom. The van der Waals surface area contributed by atoms with Crippen LogP contribution in [0.5, 0.6) is 0 Å². The van der Waals surface area contributed by atoms with Gasteiger partial charge in [0.25, 0.3) is 0 Å². The Bertz CT molecular complexity index is 597. The highest BCUT2D eigenvalue weighted by atomic mass is 35.5. The molecular weight excluding hydrogens is 290 g/mol. The number of halogens is 1. The van der Waals surface area contributed by atoms with E-state index < -0.39 is 5.91 Å². The van der Waals surface area contributed by atoms with E-state index in [2.05, 4.69) is 10.6 Å². The summed E-state index contributed by atoms with van der Waals surface area (Å²) in [6.07, 6.45) is 3.09. The molecule has 1 aliphatic carbocycles. The molecule has 5 nitrogen and oxygen atoms in total. The molecule has 112 valence electrons. The van der Waals surface area contributed by atoms with Crippen molar-refractivity contribution in [3.63, 3.8) is 0 Å². The maximum atomic E-state index is 12.3. The highest BCUT2D eigenvalue weighted by molar-refractivity contribution is 6.34. The van der Waals surface area contributed by atoms with Gasteiger partial charge in [-0.2, -0.15) is 0 Å². The van der Waals surface area contributed by atoms with Crippen LogP contribution in [0.25, 0.3) is 0 Å².